The van der Waals surface area contributed by atoms with Crippen LogP contribution in [-0.2, 0) is 6.11 Å². The lowest BCUT2D eigenvalue weighted by Gasteiger charge is -2.20. The van der Waals surface area contributed by atoms with Crippen LogP contribution in [-0.4, -0.2) is 0 Å². The van der Waals surface area contributed by atoms with Crippen molar-refractivity contribution in [2.45, 2.75) is 23.4 Å². The normalized spacial score (nSPS) is 12.5. The highest BCUT2D eigenvalue weighted by molar-refractivity contribution is 14.1. The Labute approximate surface area is 226 Å². The largest absolute Gasteiger partial charge is 0.432 e. The van der Waals surface area contributed by atoms with Gasteiger partial charge in [0, 0.05) is 21.6 Å². The van der Waals surface area contributed by atoms with E-state index in [1.807, 2.05) is 24.3 Å². The molecule has 0 saturated heterocycles. The summed E-state index contributed by atoms with van der Waals surface area (Å²) in [5.74, 6) is -11.2. The Morgan fingerprint density at radius 2 is 1.21 bits per heavy atom. The van der Waals surface area contributed by atoms with Crippen molar-refractivity contribution in [3.05, 3.63) is 113 Å². The van der Waals surface area contributed by atoms with E-state index in [4.69, 9.17) is 0 Å². The quantitative estimate of drug-likeness (QED) is 0.0840. The van der Waals surface area contributed by atoms with Gasteiger partial charge in [-0.05, 0) is 46.9 Å². The molecule has 0 radical (unpaired) electrons. The molecule has 0 N–H and O–H groups in total. The molecule has 0 saturated carbocycles. The summed E-state index contributed by atoms with van der Waals surface area (Å²) in [7, 11) is 0. The zero-order chi connectivity index (χ0) is 27.8. The molecule has 198 valence electrons. The highest BCUT2D eigenvalue weighted by atomic mass is 127. The Hall–Kier alpha value is -3.15. The van der Waals surface area contributed by atoms with Crippen LogP contribution in [0.3, 0.4) is 0 Å². The van der Waals surface area contributed by atoms with Crippen molar-refractivity contribution in [1.29, 1.82) is 0 Å². The number of hydrogen-bond acceptors (Lipinski definition) is 1. The molecule has 0 bridgehead atoms. The van der Waals surface area contributed by atoms with Crippen LogP contribution in [0.2, 0.25) is 0 Å². The summed E-state index contributed by atoms with van der Waals surface area (Å²) >= 11 is 2.32. The van der Waals surface area contributed by atoms with E-state index >= 15 is 0 Å². The molecule has 0 heterocycles. The number of halogens is 9. The summed E-state index contributed by atoms with van der Waals surface area (Å²) in [6.45, 7) is 2.05. The number of alkyl halides is 3. The Kier molecular flexibility index (Phi) is 8.01. The maximum atomic E-state index is 15.0. The molecule has 4 aromatic rings. The van der Waals surface area contributed by atoms with Crippen LogP contribution in [0, 0.1) is 34.9 Å². The lowest BCUT2D eigenvalue weighted by molar-refractivity contribution is -0.189. The lowest BCUT2D eigenvalue weighted by Crippen LogP contribution is -2.25. The smallest absolute Gasteiger partial charge is 0.429 e. The van der Waals surface area contributed by atoms with E-state index < -0.39 is 52.3 Å². The topological polar surface area (TPSA) is 9.23 Å². The van der Waals surface area contributed by atoms with Crippen molar-refractivity contribution in [2.24, 2.45) is 0 Å². The molecule has 0 spiro atoms. The molecule has 10 heteroatoms. The predicted molar refractivity (Wildman–Crippen MR) is 135 cm³/mol. The fourth-order valence-corrected chi connectivity index (χ4v) is 4.26. The molecule has 0 amide bonds. The molecule has 0 aliphatic heterocycles. The Morgan fingerprint density at radius 1 is 0.684 bits per heavy atom. The third-order valence-corrected chi connectivity index (χ3v) is 7.38. The minimum Gasteiger partial charge on any atom is -0.429 e. The summed E-state index contributed by atoms with van der Waals surface area (Å²) in [5, 5.41) is 0. The van der Waals surface area contributed by atoms with Gasteiger partial charge in [-0.3, -0.25) is 0 Å². The highest BCUT2D eigenvalue weighted by Crippen LogP contribution is 2.38. The van der Waals surface area contributed by atoms with Crippen LogP contribution in [0.25, 0.3) is 22.3 Å². The maximum Gasteiger partial charge on any atom is 0.432 e. The van der Waals surface area contributed by atoms with Crippen LogP contribution >= 0.6 is 22.6 Å². The van der Waals surface area contributed by atoms with Gasteiger partial charge >= 0.3 is 6.11 Å². The van der Waals surface area contributed by atoms with Gasteiger partial charge in [0.05, 0.1) is 0 Å². The van der Waals surface area contributed by atoms with E-state index in [2.05, 4.69) is 34.3 Å². The van der Waals surface area contributed by atoms with Gasteiger partial charge in [0.15, 0.2) is 17.5 Å². The van der Waals surface area contributed by atoms with E-state index in [9.17, 15) is 35.1 Å². The van der Waals surface area contributed by atoms with Crippen molar-refractivity contribution >= 4 is 22.6 Å². The Bertz CT molecular complexity index is 1440. The van der Waals surface area contributed by atoms with Gasteiger partial charge in [0.2, 0.25) is 0 Å². The molecular weight excluding hydrogens is 631 g/mol. The zero-order valence-corrected chi connectivity index (χ0v) is 21.6. The van der Waals surface area contributed by atoms with Crippen molar-refractivity contribution < 1.29 is 39.9 Å². The fraction of sp³-hybridized carbons (Fsp3) is 0.143. The second-order valence-electron chi connectivity index (χ2n) is 8.33. The molecule has 1 unspecified atom stereocenters. The summed E-state index contributed by atoms with van der Waals surface area (Å²) < 4.78 is 118. The molecule has 0 aliphatic rings. The molecule has 0 aliphatic carbocycles. The van der Waals surface area contributed by atoms with E-state index in [0.717, 1.165) is 18.1 Å². The molecule has 4 rings (SSSR count). The van der Waals surface area contributed by atoms with Crippen LogP contribution in [0.5, 0.6) is 5.75 Å². The molecule has 1 nitrogen and oxygen atoms in total. The Balaban J connectivity index is 1.63. The number of hydrogen-bond donors (Lipinski definition) is 0. The first-order valence-corrected chi connectivity index (χ1v) is 12.4. The monoisotopic (exact) mass is 648 g/mol. The first kappa shape index (κ1) is 27.9. The minimum absolute atomic E-state index is 0.102. The molecular formula is C28H17F8IO. The minimum atomic E-state index is -4.74. The maximum absolute atomic E-state index is 15.0. The third kappa shape index (κ3) is 5.64. The number of benzene rings is 4. The van der Waals surface area contributed by atoms with Gasteiger partial charge in [-0.2, -0.15) is 8.78 Å². The van der Waals surface area contributed by atoms with E-state index in [1.54, 1.807) is 0 Å². The Morgan fingerprint density at radius 3 is 1.74 bits per heavy atom. The molecule has 4 aromatic carbocycles. The van der Waals surface area contributed by atoms with Gasteiger partial charge in [-0.25, -0.2) is 26.3 Å². The predicted octanol–water partition coefficient (Wildman–Crippen LogP) is 9.87. The first-order chi connectivity index (χ1) is 17.9. The summed E-state index contributed by atoms with van der Waals surface area (Å²) in [5.41, 5.74) is -0.180. The SMILES string of the molecule is CCC(I)c1ccc(-c2ccc(-c3cc(F)c(C(F)(F)Oc4cc(F)c(F)c(F)c4)c(F)c3)c(F)c2)cc1. The zero-order valence-electron chi connectivity index (χ0n) is 19.4. The van der Waals surface area contributed by atoms with Crippen molar-refractivity contribution in [3.63, 3.8) is 0 Å². The second kappa shape index (κ2) is 10.9. The van der Waals surface area contributed by atoms with Gasteiger partial charge in [-0.1, -0.05) is 65.9 Å². The summed E-state index contributed by atoms with van der Waals surface area (Å²) in [6.07, 6.45) is -3.80. The first-order valence-electron chi connectivity index (χ1n) is 11.2. The third-order valence-electron chi connectivity index (χ3n) is 5.78. The van der Waals surface area contributed by atoms with Gasteiger partial charge in [-0.15, -0.1) is 0 Å². The van der Waals surface area contributed by atoms with E-state index in [1.165, 1.54) is 12.1 Å². The number of rotatable bonds is 7. The number of ether oxygens (including phenoxy) is 1. The average molecular weight is 648 g/mol. The molecule has 0 aromatic heterocycles. The van der Waals surface area contributed by atoms with Gasteiger partial charge in [0.25, 0.3) is 0 Å². The lowest BCUT2D eigenvalue weighted by atomic mass is 9.97. The average Bonchev–Trinajstić information content (AvgIpc) is 2.85. The van der Waals surface area contributed by atoms with Gasteiger partial charge in [0.1, 0.15) is 28.8 Å². The molecule has 38 heavy (non-hydrogen) atoms. The second-order valence-corrected chi connectivity index (χ2v) is 9.83. The van der Waals surface area contributed by atoms with E-state index in [0.29, 0.717) is 27.2 Å². The van der Waals surface area contributed by atoms with Crippen LogP contribution in [0.4, 0.5) is 35.1 Å². The summed E-state index contributed by atoms with van der Waals surface area (Å²) in [6, 6.07) is 12.6. The standard InChI is InChI=1S/C28H17F8IO/c1-2-25(37)15-5-3-14(4-6-15)16-7-8-19(20(29)9-16)17-10-21(30)26(22(31)11-17)28(35,36)38-18-12-23(32)27(34)24(33)13-18/h3-13,25H,2H2,1H3. The van der Waals surface area contributed by atoms with Crippen molar-refractivity contribution in [3.8, 4) is 28.0 Å². The van der Waals surface area contributed by atoms with Crippen LogP contribution in [0.1, 0.15) is 28.4 Å². The molecule has 0 fully saturated rings. The molecule has 1 atom stereocenters. The van der Waals surface area contributed by atoms with Gasteiger partial charge < -0.3 is 4.74 Å². The fourth-order valence-electron chi connectivity index (χ4n) is 3.85. The summed E-state index contributed by atoms with van der Waals surface area (Å²) in [4.78, 5) is 0. The van der Waals surface area contributed by atoms with Crippen LogP contribution in [0.15, 0.2) is 66.7 Å². The highest BCUT2D eigenvalue weighted by Gasteiger charge is 2.41. The van der Waals surface area contributed by atoms with Crippen LogP contribution < -0.4 is 4.74 Å². The van der Waals surface area contributed by atoms with Crippen molar-refractivity contribution in [1.82, 2.24) is 0 Å². The van der Waals surface area contributed by atoms with Crippen molar-refractivity contribution in [2.75, 3.05) is 0 Å². The van der Waals surface area contributed by atoms with E-state index in [-0.39, 0.29) is 23.3 Å².